The summed E-state index contributed by atoms with van der Waals surface area (Å²) in [6.45, 7) is 6.43. The van der Waals surface area contributed by atoms with Crippen LogP contribution in [-0.4, -0.2) is 27.2 Å². The molecule has 6 heteroatoms. The Morgan fingerprint density at radius 3 is 2.45 bits per heavy atom. The zero-order valence-electron chi connectivity index (χ0n) is 12.2. The van der Waals surface area contributed by atoms with Gasteiger partial charge < -0.3 is 10.5 Å². The number of hydrogen-bond acceptors (Lipinski definition) is 4. The van der Waals surface area contributed by atoms with Crippen LogP contribution in [0.15, 0.2) is 17.0 Å². The summed E-state index contributed by atoms with van der Waals surface area (Å²) in [5.74, 6) is 0. The maximum atomic E-state index is 12.5. The van der Waals surface area contributed by atoms with Gasteiger partial charge >= 0.3 is 0 Å². The van der Waals surface area contributed by atoms with E-state index in [1.807, 2.05) is 6.92 Å². The fourth-order valence-electron chi connectivity index (χ4n) is 2.70. The Morgan fingerprint density at radius 2 is 1.95 bits per heavy atom. The Morgan fingerprint density at radius 1 is 1.35 bits per heavy atom. The Hall–Kier alpha value is -1.11. The smallest absolute Gasteiger partial charge is 0.241 e. The van der Waals surface area contributed by atoms with Crippen molar-refractivity contribution in [1.29, 1.82) is 0 Å². The summed E-state index contributed by atoms with van der Waals surface area (Å²) in [6, 6.07) is 3.35. The first kappa shape index (κ1) is 15.3. The summed E-state index contributed by atoms with van der Waals surface area (Å²) in [5.41, 5.74) is 7.22. The average molecular weight is 298 g/mol. The quantitative estimate of drug-likeness (QED) is 0.830. The van der Waals surface area contributed by atoms with E-state index in [2.05, 4.69) is 4.72 Å². The van der Waals surface area contributed by atoms with E-state index in [-0.39, 0.29) is 0 Å². The third-order valence-corrected chi connectivity index (χ3v) is 5.39. The van der Waals surface area contributed by atoms with Crippen LogP contribution in [0, 0.1) is 13.8 Å². The highest BCUT2D eigenvalue weighted by Gasteiger charge is 2.32. The van der Waals surface area contributed by atoms with Crippen LogP contribution in [0.2, 0.25) is 0 Å². The van der Waals surface area contributed by atoms with E-state index in [1.54, 1.807) is 26.0 Å². The van der Waals surface area contributed by atoms with E-state index in [1.165, 1.54) is 0 Å². The molecule has 1 aliphatic rings. The van der Waals surface area contributed by atoms with E-state index in [9.17, 15) is 8.42 Å². The highest BCUT2D eigenvalue weighted by molar-refractivity contribution is 7.89. The van der Waals surface area contributed by atoms with Crippen LogP contribution in [0.25, 0.3) is 0 Å². The number of nitrogen functional groups attached to an aromatic ring is 1. The molecule has 20 heavy (non-hydrogen) atoms. The number of sulfonamides is 1. The third-order valence-electron chi connectivity index (χ3n) is 3.69. The standard InChI is InChI=1S/C14H22N2O3S/c1-10-7-12(15)8-11(2)13(10)20(17,18)16-9-14(3)5-4-6-19-14/h7-8,16H,4-6,9,15H2,1-3H3. The van der Waals surface area contributed by atoms with E-state index < -0.39 is 15.6 Å². The Kier molecular flexibility index (Phi) is 4.09. The van der Waals surface area contributed by atoms with Gasteiger partial charge in [0.2, 0.25) is 10.0 Å². The molecule has 0 amide bonds. The largest absolute Gasteiger partial charge is 0.399 e. The molecule has 2 rings (SSSR count). The molecule has 0 saturated carbocycles. The number of anilines is 1. The van der Waals surface area contributed by atoms with Crippen molar-refractivity contribution in [3.8, 4) is 0 Å². The van der Waals surface area contributed by atoms with Gasteiger partial charge in [0.25, 0.3) is 0 Å². The SMILES string of the molecule is Cc1cc(N)cc(C)c1S(=O)(=O)NCC1(C)CCCO1. The maximum absolute atomic E-state index is 12.5. The monoisotopic (exact) mass is 298 g/mol. The second-order valence-corrected chi connectivity index (χ2v) is 7.41. The van der Waals surface area contributed by atoms with Gasteiger partial charge in [-0.15, -0.1) is 0 Å². The minimum Gasteiger partial charge on any atom is -0.399 e. The summed E-state index contributed by atoms with van der Waals surface area (Å²) < 4.78 is 33.2. The number of aryl methyl sites for hydroxylation is 2. The van der Waals surface area contributed by atoms with Crippen molar-refractivity contribution in [1.82, 2.24) is 4.72 Å². The number of nitrogens with one attached hydrogen (secondary N) is 1. The molecule has 0 spiro atoms. The summed E-state index contributed by atoms with van der Waals surface area (Å²) >= 11 is 0. The van der Waals surface area contributed by atoms with Crippen molar-refractivity contribution in [2.24, 2.45) is 0 Å². The molecule has 0 bridgehead atoms. The first-order valence-electron chi connectivity index (χ1n) is 6.74. The van der Waals surface area contributed by atoms with Gasteiger partial charge in [-0.25, -0.2) is 13.1 Å². The summed E-state index contributed by atoms with van der Waals surface area (Å²) in [5, 5.41) is 0. The van der Waals surface area contributed by atoms with E-state index in [0.29, 0.717) is 34.9 Å². The molecule has 1 atom stereocenters. The molecule has 1 aliphatic heterocycles. The van der Waals surface area contributed by atoms with Crippen LogP contribution >= 0.6 is 0 Å². The highest BCUT2D eigenvalue weighted by Crippen LogP contribution is 2.26. The fourth-order valence-corrected chi connectivity index (χ4v) is 4.31. The lowest BCUT2D eigenvalue weighted by Gasteiger charge is -2.24. The molecule has 3 N–H and O–H groups in total. The van der Waals surface area contributed by atoms with Crippen molar-refractivity contribution in [2.75, 3.05) is 18.9 Å². The number of rotatable bonds is 4. The van der Waals surface area contributed by atoms with Crippen molar-refractivity contribution in [2.45, 2.75) is 44.1 Å². The maximum Gasteiger partial charge on any atom is 0.241 e. The molecule has 112 valence electrons. The lowest BCUT2D eigenvalue weighted by atomic mass is 10.0. The molecule has 5 nitrogen and oxygen atoms in total. The molecule has 1 aromatic carbocycles. The van der Waals surface area contributed by atoms with Gasteiger partial charge in [-0.3, -0.25) is 0 Å². The minimum absolute atomic E-state index is 0.290. The average Bonchev–Trinajstić information content (AvgIpc) is 2.73. The van der Waals surface area contributed by atoms with Gasteiger partial charge in [-0.05, 0) is 56.9 Å². The Bertz CT molecular complexity index is 582. The lowest BCUT2D eigenvalue weighted by Crippen LogP contribution is -2.40. The number of ether oxygens (including phenoxy) is 1. The number of hydrogen-bond donors (Lipinski definition) is 2. The van der Waals surface area contributed by atoms with Crippen LogP contribution in [0.4, 0.5) is 5.69 Å². The molecule has 1 fully saturated rings. The molecule has 0 radical (unpaired) electrons. The molecule has 1 unspecified atom stereocenters. The summed E-state index contributed by atoms with van der Waals surface area (Å²) in [6.07, 6.45) is 1.84. The Balaban J connectivity index is 2.23. The number of benzene rings is 1. The number of nitrogens with two attached hydrogens (primary N) is 1. The van der Waals surface area contributed by atoms with Crippen molar-refractivity contribution in [3.63, 3.8) is 0 Å². The third kappa shape index (κ3) is 3.13. The van der Waals surface area contributed by atoms with Gasteiger partial charge in [-0.2, -0.15) is 0 Å². The van der Waals surface area contributed by atoms with E-state index >= 15 is 0 Å². The van der Waals surface area contributed by atoms with Gasteiger partial charge in [0.1, 0.15) is 0 Å². The topological polar surface area (TPSA) is 81.4 Å². The molecular formula is C14H22N2O3S. The Labute approximate surface area is 120 Å². The van der Waals surface area contributed by atoms with Crippen LogP contribution in [-0.2, 0) is 14.8 Å². The molecule has 0 aliphatic carbocycles. The summed E-state index contributed by atoms with van der Waals surface area (Å²) in [4.78, 5) is 0.313. The highest BCUT2D eigenvalue weighted by atomic mass is 32.2. The summed E-state index contributed by atoms with van der Waals surface area (Å²) in [7, 11) is -3.55. The van der Waals surface area contributed by atoms with Gasteiger partial charge in [0.15, 0.2) is 0 Å². The van der Waals surface area contributed by atoms with Gasteiger partial charge in [0, 0.05) is 18.8 Å². The first-order chi connectivity index (χ1) is 9.23. The first-order valence-corrected chi connectivity index (χ1v) is 8.22. The molecule has 1 saturated heterocycles. The van der Waals surface area contributed by atoms with Crippen molar-refractivity contribution in [3.05, 3.63) is 23.3 Å². The van der Waals surface area contributed by atoms with E-state index in [4.69, 9.17) is 10.5 Å². The zero-order chi connectivity index (χ0) is 15.0. The van der Waals surface area contributed by atoms with E-state index in [0.717, 1.165) is 12.8 Å². The predicted molar refractivity (Wildman–Crippen MR) is 79.1 cm³/mol. The van der Waals surface area contributed by atoms with Gasteiger partial charge in [-0.1, -0.05) is 0 Å². The van der Waals surface area contributed by atoms with Crippen LogP contribution in [0.1, 0.15) is 30.9 Å². The second-order valence-electron chi connectivity index (χ2n) is 5.71. The minimum atomic E-state index is -3.55. The lowest BCUT2D eigenvalue weighted by molar-refractivity contribution is 0.0250. The van der Waals surface area contributed by atoms with Crippen LogP contribution in [0.5, 0.6) is 0 Å². The zero-order valence-corrected chi connectivity index (χ0v) is 13.0. The molecule has 0 aromatic heterocycles. The second kappa shape index (κ2) is 5.35. The van der Waals surface area contributed by atoms with Gasteiger partial charge in [0.05, 0.1) is 10.5 Å². The fraction of sp³-hybridized carbons (Fsp3) is 0.571. The molecular weight excluding hydrogens is 276 g/mol. The van der Waals surface area contributed by atoms with Crippen LogP contribution < -0.4 is 10.5 Å². The molecule has 1 heterocycles. The van der Waals surface area contributed by atoms with Crippen molar-refractivity contribution >= 4 is 15.7 Å². The normalized spacial score (nSPS) is 23.1. The van der Waals surface area contributed by atoms with Crippen molar-refractivity contribution < 1.29 is 13.2 Å². The predicted octanol–water partition coefficient (Wildman–Crippen LogP) is 1.73. The molecule has 1 aromatic rings. The van der Waals surface area contributed by atoms with Crippen LogP contribution in [0.3, 0.4) is 0 Å².